The van der Waals surface area contributed by atoms with Crippen molar-refractivity contribution < 1.29 is 38.6 Å². The Morgan fingerprint density at radius 3 is 1.82 bits per heavy atom. The van der Waals surface area contributed by atoms with Crippen LogP contribution in [0.4, 0.5) is 0 Å². The third-order valence-corrected chi connectivity index (χ3v) is 7.01. The van der Waals surface area contributed by atoms with Crippen LogP contribution in [0.5, 0.6) is 46.0 Å². The van der Waals surface area contributed by atoms with Crippen molar-refractivity contribution in [2.24, 2.45) is 0 Å². The predicted octanol–water partition coefficient (Wildman–Crippen LogP) is 6.17. The third kappa shape index (κ3) is 5.38. The fourth-order valence-electron chi connectivity index (χ4n) is 4.81. The van der Waals surface area contributed by atoms with Gasteiger partial charge in [0.15, 0.2) is 35.2 Å². The van der Waals surface area contributed by atoms with E-state index >= 15 is 0 Å². The van der Waals surface area contributed by atoms with Gasteiger partial charge < -0.3 is 38.6 Å². The molecule has 1 aliphatic heterocycles. The Balaban J connectivity index is 1.52. The number of methoxy groups -OCH3 is 4. The van der Waals surface area contributed by atoms with E-state index in [1.807, 2.05) is 60.7 Å². The first-order valence-electron chi connectivity index (χ1n) is 12.8. The van der Waals surface area contributed by atoms with Crippen LogP contribution in [0.3, 0.4) is 0 Å². The lowest BCUT2D eigenvalue weighted by molar-refractivity contribution is 0.0156. The Kier molecular flexibility index (Phi) is 7.77. The maximum Gasteiger partial charge on any atom is 0.204 e. The monoisotopic (exact) mass is 544 g/mol. The summed E-state index contributed by atoms with van der Waals surface area (Å²) in [4.78, 5) is 0. The summed E-state index contributed by atoms with van der Waals surface area (Å²) in [6, 6.07) is 22.5. The largest absolute Gasteiger partial charge is 0.504 e. The molecule has 0 bridgehead atoms. The lowest BCUT2D eigenvalue weighted by atomic mass is 9.95. The van der Waals surface area contributed by atoms with Gasteiger partial charge in [-0.1, -0.05) is 24.3 Å². The molecule has 0 saturated carbocycles. The van der Waals surface area contributed by atoms with Crippen LogP contribution < -0.4 is 28.4 Å². The molecule has 4 aromatic rings. The maximum absolute atomic E-state index is 10.4. The Labute approximate surface area is 233 Å². The standard InChI is InChI=1S/C32H32O8/c1-35-23-11-7-19(8-12-23)5-6-20-15-27(38-4)32-28(16-20)39-31(22-17-25(33)29(34)26(18-22)37-3)30(40-32)21-9-13-24(36-2)14-10-21/h7-18,30-31,33-34H,5-6H2,1-4H3. The van der Waals surface area contributed by atoms with E-state index in [-0.39, 0.29) is 17.2 Å². The topological polar surface area (TPSA) is 95.8 Å². The van der Waals surface area contributed by atoms with Crippen LogP contribution in [0.15, 0.2) is 72.8 Å². The second-order valence-corrected chi connectivity index (χ2v) is 9.41. The van der Waals surface area contributed by atoms with E-state index in [4.69, 9.17) is 28.4 Å². The summed E-state index contributed by atoms with van der Waals surface area (Å²) in [5.74, 6) is 2.57. The maximum atomic E-state index is 10.4. The van der Waals surface area contributed by atoms with Crippen molar-refractivity contribution in [3.8, 4) is 46.0 Å². The molecular weight excluding hydrogens is 512 g/mol. The normalized spacial score (nSPS) is 15.8. The Morgan fingerprint density at radius 2 is 1.20 bits per heavy atom. The van der Waals surface area contributed by atoms with Crippen LogP contribution in [0.25, 0.3) is 0 Å². The lowest BCUT2D eigenvalue weighted by Crippen LogP contribution is -2.27. The predicted molar refractivity (Wildman–Crippen MR) is 149 cm³/mol. The van der Waals surface area contributed by atoms with E-state index in [0.29, 0.717) is 28.6 Å². The molecule has 2 N–H and O–H groups in total. The molecule has 5 rings (SSSR count). The van der Waals surface area contributed by atoms with Crippen molar-refractivity contribution in [1.82, 2.24) is 0 Å². The number of aryl methyl sites for hydroxylation is 2. The van der Waals surface area contributed by atoms with Gasteiger partial charge in [-0.25, -0.2) is 0 Å². The molecule has 1 aliphatic rings. The van der Waals surface area contributed by atoms with E-state index < -0.39 is 12.2 Å². The van der Waals surface area contributed by atoms with Crippen molar-refractivity contribution in [2.45, 2.75) is 25.0 Å². The zero-order valence-corrected chi connectivity index (χ0v) is 22.8. The highest BCUT2D eigenvalue weighted by molar-refractivity contribution is 5.57. The number of hydrogen-bond donors (Lipinski definition) is 2. The van der Waals surface area contributed by atoms with Crippen LogP contribution in [-0.2, 0) is 12.8 Å². The van der Waals surface area contributed by atoms with Gasteiger partial charge in [0.2, 0.25) is 11.5 Å². The fourth-order valence-corrected chi connectivity index (χ4v) is 4.81. The molecule has 0 aliphatic carbocycles. The van der Waals surface area contributed by atoms with E-state index in [2.05, 4.69) is 0 Å². The molecule has 8 heteroatoms. The highest BCUT2D eigenvalue weighted by Gasteiger charge is 2.37. The summed E-state index contributed by atoms with van der Waals surface area (Å²) in [7, 11) is 6.28. The minimum absolute atomic E-state index is 0.128. The molecule has 0 saturated heterocycles. The summed E-state index contributed by atoms with van der Waals surface area (Å²) in [6.07, 6.45) is 0.280. The molecule has 2 atom stereocenters. The first-order chi connectivity index (χ1) is 19.4. The van der Waals surface area contributed by atoms with Gasteiger partial charge in [0.25, 0.3) is 0 Å². The summed E-state index contributed by atoms with van der Waals surface area (Å²) >= 11 is 0. The van der Waals surface area contributed by atoms with Gasteiger partial charge in [-0.3, -0.25) is 0 Å². The minimum atomic E-state index is -0.678. The molecule has 208 valence electrons. The second kappa shape index (κ2) is 11.6. The number of ether oxygens (including phenoxy) is 6. The molecule has 2 unspecified atom stereocenters. The van der Waals surface area contributed by atoms with Crippen molar-refractivity contribution >= 4 is 0 Å². The number of phenols is 2. The molecule has 40 heavy (non-hydrogen) atoms. The zero-order chi connectivity index (χ0) is 28.2. The number of aromatic hydroxyl groups is 2. The molecule has 0 fully saturated rings. The zero-order valence-electron chi connectivity index (χ0n) is 22.8. The van der Waals surface area contributed by atoms with Crippen molar-refractivity contribution in [2.75, 3.05) is 28.4 Å². The highest BCUT2D eigenvalue weighted by Crippen LogP contribution is 2.52. The van der Waals surface area contributed by atoms with Gasteiger partial charge in [-0.2, -0.15) is 0 Å². The van der Waals surface area contributed by atoms with E-state index in [1.54, 1.807) is 27.4 Å². The van der Waals surface area contributed by atoms with E-state index in [1.165, 1.54) is 18.7 Å². The Bertz CT molecular complexity index is 1460. The quantitative estimate of drug-likeness (QED) is 0.242. The average Bonchev–Trinajstić information content (AvgIpc) is 3.00. The summed E-state index contributed by atoms with van der Waals surface area (Å²) in [5.41, 5.74) is 3.59. The van der Waals surface area contributed by atoms with Gasteiger partial charge in [0.1, 0.15) is 11.5 Å². The van der Waals surface area contributed by atoms with E-state index in [9.17, 15) is 10.2 Å². The SMILES string of the molecule is COc1ccc(CCc2cc(OC)c3c(c2)OC(c2cc(O)c(O)c(OC)c2)C(c2ccc(OC)cc2)O3)cc1. The first-order valence-corrected chi connectivity index (χ1v) is 12.8. The van der Waals surface area contributed by atoms with Gasteiger partial charge in [-0.05, 0) is 78.1 Å². The lowest BCUT2D eigenvalue weighted by Gasteiger charge is -2.35. The number of fused-ring (bicyclic) bond motifs is 1. The van der Waals surface area contributed by atoms with Gasteiger partial charge >= 0.3 is 0 Å². The number of phenolic OH excluding ortho intramolecular Hbond substituents is 2. The van der Waals surface area contributed by atoms with E-state index in [0.717, 1.165) is 29.7 Å². The van der Waals surface area contributed by atoms with Gasteiger partial charge in [-0.15, -0.1) is 0 Å². The molecule has 0 amide bonds. The van der Waals surface area contributed by atoms with Gasteiger partial charge in [0, 0.05) is 5.56 Å². The molecule has 1 heterocycles. The number of benzene rings is 4. The molecule has 0 aromatic heterocycles. The fraction of sp³-hybridized carbons (Fsp3) is 0.250. The summed E-state index contributed by atoms with van der Waals surface area (Å²) in [6.45, 7) is 0. The molecule has 8 nitrogen and oxygen atoms in total. The van der Waals surface area contributed by atoms with Crippen molar-refractivity contribution in [3.05, 3.63) is 95.1 Å². The summed E-state index contributed by atoms with van der Waals surface area (Å²) in [5, 5.41) is 20.7. The first kappa shape index (κ1) is 26.9. The van der Waals surface area contributed by atoms with Crippen molar-refractivity contribution in [3.63, 3.8) is 0 Å². The molecule has 0 spiro atoms. The molecule has 4 aromatic carbocycles. The van der Waals surface area contributed by atoms with Crippen LogP contribution in [0, 0.1) is 0 Å². The summed E-state index contributed by atoms with van der Waals surface area (Å²) < 4.78 is 34.8. The van der Waals surface area contributed by atoms with Crippen LogP contribution >= 0.6 is 0 Å². The van der Waals surface area contributed by atoms with Crippen molar-refractivity contribution in [1.29, 1.82) is 0 Å². The van der Waals surface area contributed by atoms with Gasteiger partial charge in [0.05, 0.1) is 28.4 Å². The van der Waals surface area contributed by atoms with Crippen LogP contribution in [0.1, 0.15) is 34.5 Å². The minimum Gasteiger partial charge on any atom is -0.504 e. The Hall–Kier alpha value is -4.72. The van der Waals surface area contributed by atoms with Crippen LogP contribution in [-0.4, -0.2) is 38.7 Å². The highest BCUT2D eigenvalue weighted by atomic mass is 16.6. The van der Waals surface area contributed by atoms with Crippen LogP contribution in [0.2, 0.25) is 0 Å². The number of hydrogen-bond acceptors (Lipinski definition) is 8. The second-order valence-electron chi connectivity index (χ2n) is 9.41. The number of rotatable bonds is 9. The smallest absolute Gasteiger partial charge is 0.204 e. The molecular formula is C32H32O8. The Morgan fingerprint density at radius 1 is 0.600 bits per heavy atom. The third-order valence-electron chi connectivity index (χ3n) is 7.01. The molecule has 0 radical (unpaired) electrons. The average molecular weight is 545 g/mol.